The zero-order valence-electron chi connectivity index (χ0n) is 13.3. The Bertz CT molecular complexity index is 894. The molecule has 1 amide bonds. The van der Waals surface area contributed by atoms with Gasteiger partial charge in [-0.2, -0.15) is 0 Å². The fourth-order valence-electron chi connectivity index (χ4n) is 2.29. The first-order valence-corrected chi connectivity index (χ1v) is 9.23. The second-order valence-electron chi connectivity index (χ2n) is 5.32. The molecule has 1 N–H and O–H groups in total. The molecule has 0 radical (unpaired) electrons. The molecule has 0 saturated heterocycles. The van der Waals surface area contributed by atoms with Crippen molar-refractivity contribution >= 4 is 52.1 Å². The molecule has 1 atom stereocenters. The Morgan fingerprint density at radius 3 is 2.27 bits per heavy atom. The Kier molecular flexibility index (Phi) is 5.93. The molecule has 0 saturated carbocycles. The molecular formula is C19H13Cl2NO3S. The number of rotatable bonds is 5. The lowest BCUT2D eigenvalue weighted by atomic mass is 10.1. The fourth-order valence-corrected chi connectivity index (χ4v) is 3.43. The lowest BCUT2D eigenvalue weighted by Crippen LogP contribution is -2.25. The Labute approximate surface area is 164 Å². The largest absolute Gasteiger partial charge is 0.443 e. The van der Waals surface area contributed by atoms with Crippen LogP contribution in [0.15, 0.2) is 66.0 Å². The monoisotopic (exact) mass is 405 g/mol. The zero-order valence-corrected chi connectivity index (χ0v) is 15.6. The van der Waals surface area contributed by atoms with E-state index in [0.29, 0.717) is 26.2 Å². The molecule has 3 rings (SSSR count). The van der Waals surface area contributed by atoms with Crippen molar-refractivity contribution in [2.24, 2.45) is 0 Å². The molecular weight excluding hydrogens is 393 g/mol. The van der Waals surface area contributed by atoms with E-state index in [-0.39, 0.29) is 0 Å². The van der Waals surface area contributed by atoms with Crippen molar-refractivity contribution in [3.05, 3.63) is 86.5 Å². The summed E-state index contributed by atoms with van der Waals surface area (Å²) in [5.74, 6) is -1.06. The number of hydrogen-bond donors (Lipinski definition) is 1. The third-order valence-electron chi connectivity index (χ3n) is 3.42. The maximum absolute atomic E-state index is 12.8. The van der Waals surface area contributed by atoms with Gasteiger partial charge in [-0.25, -0.2) is 4.79 Å². The predicted octanol–water partition coefficient (Wildman–Crippen LogP) is 5.59. The molecule has 0 aliphatic rings. The number of benzene rings is 2. The van der Waals surface area contributed by atoms with Gasteiger partial charge in [0.2, 0.25) is 6.10 Å². The van der Waals surface area contributed by atoms with Crippen LogP contribution in [0, 0.1) is 0 Å². The van der Waals surface area contributed by atoms with Gasteiger partial charge < -0.3 is 10.1 Å². The lowest BCUT2D eigenvalue weighted by Gasteiger charge is -2.18. The van der Waals surface area contributed by atoms with Gasteiger partial charge in [0.25, 0.3) is 5.91 Å². The van der Waals surface area contributed by atoms with Crippen LogP contribution < -0.4 is 5.32 Å². The summed E-state index contributed by atoms with van der Waals surface area (Å²) >= 11 is 13.2. The molecule has 4 nitrogen and oxygen atoms in total. The Morgan fingerprint density at radius 1 is 0.962 bits per heavy atom. The Balaban J connectivity index is 1.85. The number of nitrogens with one attached hydrogen (secondary N) is 1. The van der Waals surface area contributed by atoms with Gasteiger partial charge in [-0.1, -0.05) is 59.6 Å². The molecule has 7 heteroatoms. The van der Waals surface area contributed by atoms with Crippen LogP contribution in [-0.2, 0) is 9.53 Å². The van der Waals surface area contributed by atoms with Crippen LogP contribution in [0.3, 0.4) is 0 Å². The molecule has 3 aromatic rings. The van der Waals surface area contributed by atoms with Crippen molar-refractivity contribution < 1.29 is 14.3 Å². The minimum Gasteiger partial charge on any atom is -0.443 e. The molecule has 2 aromatic carbocycles. The number of esters is 1. The first-order chi connectivity index (χ1) is 12.5. The molecule has 0 unspecified atom stereocenters. The first-order valence-electron chi connectivity index (χ1n) is 7.59. The molecule has 0 fully saturated rings. The first kappa shape index (κ1) is 18.5. The quantitative estimate of drug-likeness (QED) is 0.562. The Morgan fingerprint density at radius 2 is 1.65 bits per heavy atom. The van der Waals surface area contributed by atoms with E-state index in [2.05, 4.69) is 5.32 Å². The number of carbonyl (C=O) groups is 2. The SMILES string of the molecule is O=C(O[C@@H](C(=O)Nc1cc(Cl)cc(Cl)c1)c1ccccc1)c1cccs1. The van der Waals surface area contributed by atoms with Crippen molar-refractivity contribution in [2.45, 2.75) is 6.10 Å². The van der Waals surface area contributed by atoms with E-state index >= 15 is 0 Å². The van der Waals surface area contributed by atoms with E-state index in [1.807, 2.05) is 6.07 Å². The molecule has 0 bridgehead atoms. The normalized spacial score (nSPS) is 11.6. The van der Waals surface area contributed by atoms with Crippen molar-refractivity contribution in [1.29, 1.82) is 0 Å². The standard InChI is InChI=1S/C19H13Cl2NO3S/c20-13-9-14(21)11-15(10-13)22-18(23)17(12-5-2-1-3-6-12)25-19(24)16-7-4-8-26-16/h1-11,17H,(H,22,23)/t17-/m1/s1. The summed E-state index contributed by atoms with van der Waals surface area (Å²) in [7, 11) is 0. The van der Waals surface area contributed by atoms with Crippen LogP contribution in [0.1, 0.15) is 21.3 Å². The maximum atomic E-state index is 12.8. The van der Waals surface area contributed by atoms with E-state index < -0.39 is 18.0 Å². The third kappa shape index (κ3) is 4.64. The predicted molar refractivity (Wildman–Crippen MR) is 104 cm³/mol. The third-order valence-corrected chi connectivity index (χ3v) is 4.70. The van der Waals surface area contributed by atoms with Gasteiger partial charge in [0, 0.05) is 21.3 Å². The molecule has 0 aliphatic carbocycles. The second-order valence-corrected chi connectivity index (χ2v) is 7.14. The molecule has 0 spiro atoms. The number of anilines is 1. The average Bonchev–Trinajstić information content (AvgIpc) is 3.14. The average molecular weight is 406 g/mol. The summed E-state index contributed by atoms with van der Waals surface area (Å²) in [6, 6.07) is 16.9. The molecule has 0 aliphatic heterocycles. The summed E-state index contributed by atoms with van der Waals surface area (Å²) in [5, 5.41) is 5.23. The van der Waals surface area contributed by atoms with Crippen molar-refractivity contribution in [2.75, 3.05) is 5.32 Å². The highest BCUT2D eigenvalue weighted by Crippen LogP contribution is 2.26. The second kappa shape index (κ2) is 8.36. The smallest absolute Gasteiger partial charge is 0.349 e. The van der Waals surface area contributed by atoms with Gasteiger partial charge in [0.1, 0.15) is 4.88 Å². The van der Waals surface area contributed by atoms with Crippen LogP contribution >= 0.6 is 34.5 Å². The number of amides is 1. The number of carbonyl (C=O) groups excluding carboxylic acids is 2. The summed E-state index contributed by atoms with van der Waals surface area (Å²) in [5.41, 5.74) is 0.976. The van der Waals surface area contributed by atoms with Crippen LogP contribution in [0.5, 0.6) is 0 Å². The van der Waals surface area contributed by atoms with Gasteiger partial charge >= 0.3 is 5.97 Å². The zero-order chi connectivity index (χ0) is 18.5. The molecule has 1 heterocycles. The summed E-state index contributed by atoms with van der Waals surface area (Å²) in [6.07, 6.45) is -1.11. The van der Waals surface area contributed by atoms with Crippen molar-refractivity contribution in [3.63, 3.8) is 0 Å². The highest BCUT2D eigenvalue weighted by molar-refractivity contribution is 7.11. The Hall–Kier alpha value is -2.34. The fraction of sp³-hybridized carbons (Fsp3) is 0.0526. The van der Waals surface area contributed by atoms with Gasteiger partial charge in [0.15, 0.2) is 0 Å². The van der Waals surface area contributed by atoms with Gasteiger partial charge in [-0.15, -0.1) is 11.3 Å². The number of thiophene rings is 1. The van der Waals surface area contributed by atoms with Crippen molar-refractivity contribution in [1.82, 2.24) is 0 Å². The van der Waals surface area contributed by atoms with Crippen LogP contribution in [-0.4, -0.2) is 11.9 Å². The van der Waals surface area contributed by atoms with Crippen LogP contribution in [0.25, 0.3) is 0 Å². The van der Waals surface area contributed by atoms with E-state index in [1.165, 1.54) is 11.3 Å². The van der Waals surface area contributed by atoms with Crippen molar-refractivity contribution in [3.8, 4) is 0 Å². The summed E-state index contributed by atoms with van der Waals surface area (Å²) in [4.78, 5) is 25.5. The molecule has 26 heavy (non-hydrogen) atoms. The van der Waals surface area contributed by atoms with E-state index in [1.54, 1.807) is 60.0 Å². The minimum atomic E-state index is -1.11. The van der Waals surface area contributed by atoms with Crippen LogP contribution in [0.2, 0.25) is 10.0 Å². The highest BCUT2D eigenvalue weighted by Gasteiger charge is 2.26. The summed E-state index contributed by atoms with van der Waals surface area (Å²) < 4.78 is 5.47. The maximum Gasteiger partial charge on any atom is 0.349 e. The lowest BCUT2D eigenvalue weighted by molar-refractivity contribution is -0.125. The van der Waals surface area contributed by atoms with Gasteiger partial charge in [-0.05, 0) is 29.6 Å². The minimum absolute atomic E-state index is 0.389. The molecule has 132 valence electrons. The van der Waals surface area contributed by atoms with E-state index in [0.717, 1.165) is 0 Å². The summed E-state index contributed by atoms with van der Waals surface area (Å²) in [6.45, 7) is 0. The topological polar surface area (TPSA) is 55.4 Å². The van der Waals surface area contributed by atoms with E-state index in [4.69, 9.17) is 27.9 Å². The number of ether oxygens (including phenoxy) is 1. The van der Waals surface area contributed by atoms with Gasteiger partial charge in [-0.3, -0.25) is 4.79 Å². The van der Waals surface area contributed by atoms with E-state index in [9.17, 15) is 9.59 Å². The highest BCUT2D eigenvalue weighted by atomic mass is 35.5. The van der Waals surface area contributed by atoms with Gasteiger partial charge in [0.05, 0.1) is 0 Å². The van der Waals surface area contributed by atoms with Crippen LogP contribution in [0.4, 0.5) is 5.69 Å². The number of halogens is 2. The number of hydrogen-bond acceptors (Lipinski definition) is 4. The molecule has 1 aromatic heterocycles.